The van der Waals surface area contributed by atoms with E-state index in [0.29, 0.717) is 4.83 Å². The summed E-state index contributed by atoms with van der Waals surface area (Å²) < 4.78 is 0. The molecule has 0 spiro atoms. The average Bonchev–Trinajstić information content (AvgIpc) is 1.89. The lowest BCUT2D eigenvalue weighted by Crippen LogP contribution is -2.04. The summed E-state index contributed by atoms with van der Waals surface area (Å²) in [6.07, 6.45) is 5.41. The van der Waals surface area contributed by atoms with Crippen LogP contribution < -0.4 is 0 Å². The van der Waals surface area contributed by atoms with Crippen LogP contribution in [-0.2, 0) is 0 Å². The fourth-order valence-corrected chi connectivity index (χ4v) is 1.57. The van der Waals surface area contributed by atoms with Gasteiger partial charge in [-0.3, -0.25) is 0 Å². The molecule has 0 saturated carbocycles. The molecule has 1 aliphatic carbocycles. The lowest BCUT2D eigenvalue weighted by molar-refractivity contribution is 0.732. The summed E-state index contributed by atoms with van der Waals surface area (Å²) in [5, 5.41) is 8.51. The van der Waals surface area contributed by atoms with Crippen molar-refractivity contribution in [2.75, 3.05) is 0 Å². The second-order valence-electron chi connectivity index (χ2n) is 2.17. The number of rotatable bonds is 0. The number of nitrogens with zero attached hydrogens (tertiary/aromatic N) is 1. The van der Waals surface area contributed by atoms with E-state index >= 15 is 0 Å². The highest BCUT2D eigenvalue weighted by Gasteiger charge is 2.12. The molecule has 1 unspecified atom stereocenters. The van der Waals surface area contributed by atoms with E-state index < -0.39 is 0 Å². The highest BCUT2D eigenvalue weighted by molar-refractivity contribution is 9.09. The van der Waals surface area contributed by atoms with Gasteiger partial charge < -0.3 is 0 Å². The number of nitriles is 1. The van der Waals surface area contributed by atoms with Crippen LogP contribution in [-0.4, -0.2) is 4.83 Å². The summed E-state index contributed by atoms with van der Waals surface area (Å²) in [7, 11) is 0. The minimum absolute atomic E-state index is 0.330. The third-order valence-electron chi connectivity index (χ3n) is 1.49. The predicted molar refractivity (Wildman–Crippen MR) is 40.3 cm³/mol. The van der Waals surface area contributed by atoms with Crippen molar-refractivity contribution in [3.8, 4) is 6.07 Å². The molecule has 9 heavy (non-hydrogen) atoms. The highest BCUT2D eigenvalue weighted by Crippen LogP contribution is 2.23. The minimum atomic E-state index is 0.330. The zero-order valence-corrected chi connectivity index (χ0v) is 6.69. The van der Waals surface area contributed by atoms with Gasteiger partial charge in [0.25, 0.3) is 0 Å². The smallest absolute Gasteiger partial charge is 0.0955 e. The molecule has 0 saturated heterocycles. The maximum atomic E-state index is 8.51. The normalized spacial score (nSPS) is 26.7. The first-order valence-corrected chi connectivity index (χ1v) is 4.00. The Balaban J connectivity index is 2.67. The van der Waals surface area contributed by atoms with Gasteiger partial charge >= 0.3 is 0 Å². The maximum absolute atomic E-state index is 8.51. The molecule has 0 N–H and O–H groups in total. The van der Waals surface area contributed by atoms with Gasteiger partial charge in [-0.1, -0.05) is 22.0 Å². The molecule has 0 heterocycles. The zero-order valence-electron chi connectivity index (χ0n) is 5.10. The van der Waals surface area contributed by atoms with Crippen LogP contribution in [0, 0.1) is 11.3 Å². The van der Waals surface area contributed by atoms with Crippen LogP contribution in [0.2, 0.25) is 0 Å². The van der Waals surface area contributed by atoms with Crippen molar-refractivity contribution >= 4 is 15.9 Å². The van der Waals surface area contributed by atoms with Crippen LogP contribution >= 0.6 is 15.9 Å². The Morgan fingerprint density at radius 1 is 1.78 bits per heavy atom. The lowest BCUT2D eigenvalue weighted by Gasteiger charge is -2.11. The van der Waals surface area contributed by atoms with Crippen molar-refractivity contribution in [3.05, 3.63) is 11.6 Å². The molecule has 0 aromatic rings. The van der Waals surface area contributed by atoms with Crippen molar-refractivity contribution < 1.29 is 0 Å². The van der Waals surface area contributed by atoms with Gasteiger partial charge in [0, 0.05) is 10.4 Å². The summed E-state index contributed by atoms with van der Waals surface area (Å²) in [6.45, 7) is 0. The predicted octanol–water partition coefficient (Wildman–Crippen LogP) is 2.38. The van der Waals surface area contributed by atoms with E-state index in [0.717, 1.165) is 18.4 Å². The molecule has 0 aliphatic heterocycles. The number of allylic oxidation sites excluding steroid dienone is 2. The van der Waals surface area contributed by atoms with E-state index in [2.05, 4.69) is 22.0 Å². The van der Waals surface area contributed by atoms with E-state index in [4.69, 9.17) is 5.26 Å². The molecule has 0 aromatic carbocycles. The van der Waals surface area contributed by atoms with Gasteiger partial charge in [-0.2, -0.15) is 5.26 Å². The molecule has 0 radical (unpaired) electrons. The summed E-state index contributed by atoms with van der Waals surface area (Å²) in [4.78, 5) is 0.330. The molecule has 0 amide bonds. The Morgan fingerprint density at radius 3 is 3.00 bits per heavy atom. The van der Waals surface area contributed by atoms with Gasteiger partial charge in [-0.05, 0) is 19.3 Å². The summed E-state index contributed by atoms with van der Waals surface area (Å²) in [6, 6.07) is 2.17. The largest absolute Gasteiger partial charge is 0.193 e. The third kappa shape index (κ3) is 1.56. The number of hydrogen-bond donors (Lipinski definition) is 0. The van der Waals surface area contributed by atoms with Gasteiger partial charge in [0.05, 0.1) is 6.07 Å². The van der Waals surface area contributed by atoms with Crippen molar-refractivity contribution in [3.63, 3.8) is 0 Å². The van der Waals surface area contributed by atoms with Gasteiger partial charge in [0.15, 0.2) is 0 Å². The van der Waals surface area contributed by atoms with Crippen LogP contribution in [0.25, 0.3) is 0 Å². The molecular formula is C7H8BrN. The van der Waals surface area contributed by atoms with Crippen molar-refractivity contribution in [2.45, 2.75) is 24.1 Å². The standard InChI is InChI=1S/C7H8BrN/c8-7-4-2-1-3-6(7)5-9/h3,7H,1-2,4H2. The van der Waals surface area contributed by atoms with Gasteiger partial charge in [-0.15, -0.1) is 0 Å². The Hall–Kier alpha value is -0.290. The fourth-order valence-electron chi connectivity index (χ4n) is 0.954. The number of hydrogen-bond acceptors (Lipinski definition) is 1. The summed E-state index contributed by atoms with van der Waals surface area (Å²) in [5.41, 5.74) is 0.904. The molecule has 0 bridgehead atoms. The van der Waals surface area contributed by atoms with Gasteiger partial charge in [0.1, 0.15) is 0 Å². The lowest BCUT2D eigenvalue weighted by atomic mass is 10.0. The van der Waals surface area contributed by atoms with Gasteiger partial charge in [0.2, 0.25) is 0 Å². The van der Waals surface area contributed by atoms with E-state index in [-0.39, 0.29) is 0 Å². The topological polar surface area (TPSA) is 23.8 Å². The number of halogens is 1. The van der Waals surface area contributed by atoms with E-state index in [9.17, 15) is 0 Å². The summed E-state index contributed by atoms with van der Waals surface area (Å²) >= 11 is 3.42. The minimum Gasteiger partial charge on any atom is -0.193 e. The Kier molecular flexibility index (Phi) is 2.29. The van der Waals surface area contributed by atoms with Crippen molar-refractivity contribution in [1.82, 2.24) is 0 Å². The summed E-state index contributed by atoms with van der Waals surface area (Å²) in [5.74, 6) is 0. The third-order valence-corrected chi connectivity index (χ3v) is 2.44. The number of alkyl halides is 1. The SMILES string of the molecule is N#CC1=CCCCC1Br. The molecular weight excluding hydrogens is 178 g/mol. The van der Waals surface area contributed by atoms with Crippen molar-refractivity contribution in [1.29, 1.82) is 5.26 Å². The molecule has 1 aliphatic rings. The first-order valence-electron chi connectivity index (χ1n) is 3.09. The molecule has 2 heteroatoms. The Bertz CT molecular complexity index is 166. The van der Waals surface area contributed by atoms with Gasteiger partial charge in [-0.25, -0.2) is 0 Å². The van der Waals surface area contributed by atoms with E-state index in [1.165, 1.54) is 6.42 Å². The zero-order chi connectivity index (χ0) is 6.69. The first kappa shape index (κ1) is 6.82. The second-order valence-corrected chi connectivity index (χ2v) is 3.28. The van der Waals surface area contributed by atoms with Crippen molar-refractivity contribution in [2.24, 2.45) is 0 Å². The maximum Gasteiger partial charge on any atom is 0.0955 e. The van der Waals surface area contributed by atoms with E-state index in [1.54, 1.807) is 0 Å². The second kappa shape index (κ2) is 3.03. The molecule has 0 fully saturated rings. The van der Waals surface area contributed by atoms with Crippen LogP contribution in [0.3, 0.4) is 0 Å². The fraction of sp³-hybridized carbons (Fsp3) is 0.571. The molecule has 1 nitrogen and oxygen atoms in total. The monoisotopic (exact) mass is 185 g/mol. The van der Waals surface area contributed by atoms with E-state index in [1.807, 2.05) is 6.08 Å². The Morgan fingerprint density at radius 2 is 2.56 bits per heavy atom. The quantitative estimate of drug-likeness (QED) is 0.532. The molecule has 1 rings (SSSR count). The first-order chi connectivity index (χ1) is 4.34. The molecule has 1 atom stereocenters. The molecule has 48 valence electrons. The Labute approximate surface area is 63.5 Å². The van der Waals surface area contributed by atoms with Crippen LogP contribution in [0.1, 0.15) is 19.3 Å². The van der Waals surface area contributed by atoms with Crippen LogP contribution in [0.15, 0.2) is 11.6 Å². The average molecular weight is 186 g/mol. The highest BCUT2D eigenvalue weighted by atomic mass is 79.9. The van der Waals surface area contributed by atoms with Crippen LogP contribution in [0.5, 0.6) is 0 Å². The van der Waals surface area contributed by atoms with Crippen LogP contribution in [0.4, 0.5) is 0 Å². The molecule has 0 aromatic heterocycles.